The predicted molar refractivity (Wildman–Crippen MR) is 149 cm³/mol. The molecular formula is C30H22Cl2F3N3O3. The van der Waals surface area contributed by atoms with Gasteiger partial charge in [-0.1, -0.05) is 46.6 Å². The van der Waals surface area contributed by atoms with Crippen LogP contribution in [0.25, 0.3) is 28.2 Å². The molecule has 2 aromatic heterocycles. The maximum Gasteiger partial charge on any atom is 0.417 e. The van der Waals surface area contributed by atoms with E-state index in [1.807, 2.05) is 0 Å². The number of pyridine rings is 1. The van der Waals surface area contributed by atoms with Gasteiger partial charge < -0.3 is 14.5 Å². The van der Waals surface area contributed by atoms with Gasteiger partial charge in [0.2, 0.25) is 0 Å². The van der Waals surface area contributed by atoms with Gasteiger partial charge in [0.05, 0.1) is 21.1 Å². The molecule has 0 radical (unpaired) electrons. The number of carbonyl (C=O) groups is 1. The topological polar surface area (TPSA) is 79.5 Å². The van der Waals surface area contributed by atoms with Crippen molar-refractivity contribution in [2.75, 3.05) is 18.0 Å². The highest BCUT2D eigenvalue weighted by molar-refractivity contribution is 6.39. The Hall–Kier alpha value is -3.56. The molecule has 3 aliphatic rings. The number of nitrogens with zero attached hydrogens (tertiary/aromatic N) is 3. The number of aromatic carboxylic acids is 1. The Morgan fingerprint density at radius 2 is 1.78 bits per heavy atom. The van der Waals surface area contributed by atoms with Gasteiger partial charge in [-0.2, -0.15) is 13.2 Å². The van der Waals surface area contributed by atoms with Crippen molar-refractivity contribution in [3.05, 3.63) is 81.2 Å². The van der Waals surface area contributed by atoms with E-state index in [0.717, 1.165) is 24.2 Å². The summed E-state index contributed by atoms with van der Waals surface area (Å²) in [6.45, 7) is 1.41. The van der Waals surface area contributed by atoms with Crippen LogP contribution < -0.4 is 4.90 Å². The van der Waals surface area contributed by atoms with Crippen LogP contribution in [0, 0.1) is 17.8 Å². The number of anilines is 1. The molecule has 7 rings (SSSR count). The number of carboxylic acids is 1. The smallest absolute Gasteiger partial charge is 0.417 e. The highest BCUT2D eigenvalue weighted by atomic mass is 35.5. The van der Waals surface area contributed by atoms with Crippen LogP contribution in [0.3, 0.4) is 0 Å². The normalized spacial score (nSPS) is 22.1. The molecule has 41 heavy (non-hydrogen) atoms. The Balaban J connectivity index is 1.12. The van der Waals surface area contributed by atoms with Gasteiger partial charge in [0.25, 0.3) is 0 Å². The number of carboxylic acid groups (broad SMARTS) is 1. The Morgan fingerprint density at radius 1 is 1.07 bits per heavy atom. The Labute approximate surface area is 242 Å². The van der Waals surface area contributed by atoms with Crippen LogP contribution in [0.4, 0.5) is 18.9 Å². The lowest BCUT2D eigenvalue weighted by Crippen LogP contribution is -2.23. The lowest BCUT2D eigenvalue weighted by atomic mass is 10.0. The first kappa shape index (κ1) is 26.3. The summed E-state index contributed by atoms with van der Waals surface area (Å²) in [7, 11) is 0. The number of alkyl halides is 3. The fourth-order valence-corrected chi connectivity index (χ4v) is 6.62. The Kier molecular flexibility index (Phi) is 6.10. The second-order valence-electron chi connectivity index (χ2n) is 10.9. The van der Waals surface area contributed by atoms with Gasteiger partial charge in [-0.3, -0.25) is 0 Å². The molecule has 0 spiro atoms. The van der Waals surface area contributed by atoms with Gasteiger partial charge in [-0.15, -0.1) is 0 Å². The SMILES string of the molecule is O=C(O)c1cc(C(F)(F)F)c2cc(N3CC4C(/C=C/c5c(-c6c(Cl)cccc6Cl)noc5C5CC5)C4C3)ccc2n1. The van der Waals surface area contributed by atoms with E-state index in [9.17, 15) is 23.1 Å². The molecule has 1 saturated heterocycles. The number of fused-ring (bicyclic) bond motifs is 2. The van der Waals surface area contributed by atoms with Crippen LogP contribution in [-0.2, 0) is 6.18 Å². The van der Waals surface area contributed by atoms with Crippen molar-refractivity contribution in [3.63, 3.8) is 0 Å². The summed E-state index contributed by atoms with van der Waals surface area (Å²) in [6.07, 6.45) is 1.62. The number of aromatic nitrogens is 2. The van der Waals surface area contributed by atoms with Crippen molar-refractivity contribution in [1.29, 1.82) is 0 Å². The molecule has 3 heterocycles. The second-order valence-corrected chi connectivity index (χ2v) is 11.7. The average Bonchev–Trinajstić information content (AvgIpc) is 3.79. The minimum atomic E-state index is -4.71. The van der Waals surface area contributed by atoms with E-state index in [-0.39, 0.29) is 10.9 Å². The van der Waals surface area contributed by atoms with Crippen molar-refractivity contribution in [2.24, 2.45) is 17.8 Å². The molecule has 210 valence electrons. The Bertz CT molecular complexity index is 1720. The molecule has 0 amide bonds. The number of allylic oxidation sites excluding steroid dienone is 1. The van der Waals surface area contributed by atoms with Crippen LogP contribution in [-0.4, -0.2) is 34.3 Å². The van der Waals surface area contributed by atoms with Gasteiger partial charge in [0, 0.05) is 41.2 Å². The lowest BCUT2D eigenvalue weighted by molar-refractivity contribution is -0.136. The molecule has 2 atom stereocenters. The van der Waals surface area contributed by atoms with E-state index in [1.165, 1.54) is 12.1 Å². The first-order valence-corrected chi connectivity index (χ1v) is 14.0. The van der Waals surface area contributed by atoms with E-state index in [2.05, 4.69) is 27.2 Å². The zero-order chi connectivity index (χ0) is 28.6. The molecule has 2 saturated carbocycles. The van der Waals surface area contributed by atoms with Gasteiger partial charge in [-0.25, -0.2) is 9.78 Å². The first-order chi connectivity index (χ1) is 19.6. The highest BCUT2D eigenvalue weighted by Gasteiger charge is 2.54. The maximum atomic E-state index is 13.8. The van der Waals surface area contributed by atoms with Gasteiger partial charge in [-0.05, 0) is 67.0 Å². The summed E-state index contributed by atoms with van der Waals surface area (Å²) < 4.78 is 47.1. The summed E-state index contributed by atoms with van der Waals surface area (Å²) in [5.74, 6) is 0.741. The monoisotopic (exact) mass is 599 g/mol. The standard InChI is InChI=1S/C30H22Cl2F3N3O3/c31-22-2-1-3-23(32)26(22)27-17(28(41-37-27)14-4-5-14)8-7-16-19-12-38(13-20(16)19)15-6-9-24-18(10-15)21(30(33,34)35)11-25(36-24)29(39)40/h1-3,6-11,14,16,19-20H,4-5,12-13H2,(H,39,40)/b8-7+. The molecule has 2 aliphatic carbocycles. The highest BCUT2D eigenvalue weighted by Crippen LogP contribution is 2.54. The van der Waals surface area contributed by atoms with E-state index in [4.69, 9.17) is 27.7 Å². The van der Waals surface area contributed by atoms with Crippen molar-refractivity contribution >= 4 is 51.8 Å². The molecular weight excluding hydrogens is 578 g/mol. The van der Waals surface area contributed by atoms with E-state index >= 15 is 0 Å². The van der Waals surface area contributed by atoms with Crippen LogP contribution in [0.5, 0.6) is 0 Å². The van der Waals surface area contributed by atoms with E-state index in [1.54, 1.807) is 24.3 Å². The molecule has 3 fully saturated rings. The number of piperidine rings is 1. The zero-order valence-electron chi connectivity index (χ0n) is 21.3. The van der Waals surface area contributed by atoms with Crippen molar-refractivity contribution in [1.82, 2.24) is 10.1 Å². The number of rotatable bonds is 6. The minimum absolute atomic E-state index is 0.000701. The third-order valence-electron chi connectivity index (χ3n) is 8.33. The summed E-state index contributed by atoms with van der Waals surface area (Å²) in [5, 5.41) is 14.4. The molecule has 2 unspecified atom stereocenters. The molecule has 1 aliphatic heterocycles. The molecule has 2 aromatic carbocycles. The summed E-state index contributed by atoms with van der Waals surface area (Å²) in [4.78, 5) is 17.3. The average molecular weight is 600 g/mol. The minimum Gasteiger partial charge on any atom is -0.477 e. The van der Waals surface area contributed by atoms with Crippen LogP contribution in [0.2, 0.25) is 10.0 Å². The van der Waals surface area contributed by atoms with Crippen molar-refractivity contribution in [2.45, 2.75) is 24.9 Å². The number of hydrogen-bond acceptors (Lipinski definition) is 5. The molecule has 1 N–H and O–H groups in total. The number of benzene rings is 2. The van der Waals surface area contributed by atoms with Crippen LogP contribution in [0.15, 0.2) is 53.1 Å². The van der Waals surface area contributed by atoms with Gasteiger partial charge in [0.1, 0.15) is 17.1 Å². The van der Waals surface area contributed by atoms with E-state index in [0.29, 0.717) is 69.8 Å². The summed E-state index contributed by atoms with van der Waals surface area (Å²) in [6, 6.07) is 10.6. The van der Waals surface area contributed by atoms with Crippen LogP contribution >= 0.6 is 23.2 Å². The molecule has 11 heteroatoms. The number of hydrogen-bond donors (Lipinski definition) is 1. The van der Waals surface area contributed by atoms with Crippen LogP contribution in [0.1, 0.15) is 46.1 Å². The fraction of sp³-hybridized carbons (Fsp3) is 0.300. The largest absolute Gasteiger partial charge is 0.477 e. The molecule has 4 aromatic rings. The van der Waals surface area contributed by atoms with Gasteiger partial charge >= 0.3 is 12.1 Å². The molecule has 0 bridgehead atoms. The predicted octanol–water partition coefficient (Wildman–Crippen LogP) is 8.19. The second kappa shape index (κ2) is 9.49. The maximum absolute atomic E-state index is 13.8. The van der Waals surface area contributed by atoms with E-state index < -0.39 is 23.4 Å². The quantitative estimate of drug-likeness (QED) is 0.241. The van der Waals surface area contributed by atoms with Crippen molar-refractivity contribution < 1.29 is 27.6 Å². The summed E-state index contributed by atoms with van der Waals surface area (Å²) in [5.41, 5.74) is 1.20. The Morgan fingerprint density at radius 3 is 2.41 bits per heavy atom. The van der Waals surface area contributed by atoms with Crippen molar-refractivity contribution in [3.8, 4) is 11.3 Å². The first-order valence-electron chi connectivity index (χ1n) is 13.2. The number of halogens is 5. The third-order valence-corrected chi connectivity index (χ3v) is 8.96. The molecule has 6 nitrogen and oxygen atoms in total. The third kappa shape index (κ3) is 4.65. The summed E-state index contributed by atoms with van der Waals surface area (Å²) >= 11 is 12.9. The lowest BCUT2D eigenvalue weighted by Gasteiger charge is -2.22. The van der Waals surface area contributed by atoms with Gasteiger partial charge in [0.15, 0.2) is 0 Å². The fourth-order valence-electron chi connectivity index (χ4n) is 6.05. The zero-order valence-corrected chi connectivity index (χ0v) is 22.8.